The quantitative estimate of drug-likeness (QED) is 0.742. The van der Waals surface area contributed by atoms with Crippen LogP contribution < -0.4 is 5.32 Å². The summed E-state index contributed by atoms with van der Waals surface area (Å²) in [6.45, 7) is 1.33. The molecule has 1 unspecified atom stereocenters. The lowest BCUT2D eigenvalue weighted by molar-refractivity contribution is -0.163. The smallest absolute Gasteiger partial charge is 0.375 e. The number of ether oxygens (including phenoxy) is 1. The first kappa shape index (κ1) is 15.0. The summed E-state index contributed by atoms with van der Waals surface area (Å²) in [4.78, 5) is 8.98. The Morgan fingerprint density at radius 3 is 2.33 bits per heavy atom. The van der Waals surface area contributed by atoms with Gasteiger partial charge in [0.25, 0.3) is 0 Å². The molecule has 1 saturated heterocycles. The number of hydrogen-bond donors (Lipinski definition) is 1. The third kappa shape index (κ3) is 11.9. The van der Waals surface area contributed by atoms with E-state index in [1.165, 1.54) is 0 Å². The fourth-order valence-electron chi connectivity index (χ4n) is 1.01. The summed E-state index contributed by atoms with van der Waals surface area (Å²) in [6.07, 6.45) is -5.65. The standard InChI is InChI=1S/C6H10F3NO.CCl2O/c7-6(8,9)3-5-4-10-1-2-11-5;2-1(3)4/h5,10H,1-4H2;. The van der Waals surface area contributed by atoms with Crippen molar-refractivity contribution in [1.82, 2.24) is 5.32 Å². The highest BCUT2D eigenvalue weighted by Crippen LogP contribution is 2.23. The number of rotatable bonds is 1. The van der Waals surface area contributed by atoms with Crippen LogP contribution in [0.15, 0.2) is 0 Å². The predicted octanol–water partition coefficient (Wildman–Crippen LogP) is 2.51. The molecule has 1 aliphatic heterocycles. The van der Waals surface area contributed by atoms with Gasteiger partial charge in [0, 0.05) is 13.1 Å². The molecule has 0 spiro atoms. The maximum Gasteiger partial charge on any atom is 0.391 e. The van der Waals surface area contributed by atoms with E-state index in [-0.39, 0.29) is 0 Å². The van der Waals surface area contributed by atoms with Crippen molar-refractivity contribution in [2.75, 3.05) is 19.7 Å². The van der Waals surface area contributed by atoms with Gasteiger partial charge in [-0.3, -0.25) is 4.79 Å². The van der Waals surface area contributed by atoms with E-state index in [1.54, 1.807) is 0 Å². The van der Waals surface area contributed by atoms with Crippen molar-refractivity contribution in [3.63, 3.8) is 0 Å². The molecule has 1 rings (SSSR count). The maximum absolute atomic E-state index is 11.7. The van der Waals surface area contributed by atoms with Crippen LogP contribution in [0.2, 0.25) is 0 Å². The molecule has 1 heterocycles. The van der Waals surface area contributed by atoms with Crippen LogP contribution in [0.3, 0.4) is 0 Å². The minimum absolute atomic E-state index is 0.305. The summed E-state index contributed by atoms with van der Waals surface area (Å²) in [6, 6.07) is 0. The normalized spacial score (nSPS) is 21.5. The lowest BCUT2D eigenvalue weighted by Gasteiger charge is -2.24. The third-order valence-corrected chi connectivity index (χ3v) is 1.46. The topological polar surface area (TPSA) is 38.3 Å². The number of hydrogen-bond acceptors (Lipinski definition) is 3. The zero-order chi connectivity index (χ0) is 11.9. The summed E-state index contributed by atoms with van der Waals surface area (Å²) in [5.41, 5.74) is 0. The highest BCUT2D eigenvalue weighted by molar-refractivity contribution is 6.93. The summed E-state index contributed by atoms with van der Waals surface area (Å²) in [7, 11) is 0. The molecule has 0 amide bonds. The molecule has 0 aromatic heterocycles. The van der Waals surface area contributed by atoms with Crippen molar-refractivity contribution in [2.45, 2.75) is 18.7 Å². The Balaban J connectivity index is 0.000000423. The molecule has 15 heavy (non-hydrogen) atoms. The van der Waals surface area contributed by atoms with E-state index in [2.05, 4.69) is 28.5 Å². The number of carbonyl (C=O) groups is 1. The number of nitrogens with one attached hydrogen (secondary N) is 1. The monoisotopic (exact) mass is 267 g/mol. The van der Waals surface area contributed by atoms with E-state index in [0.717, 1.165) is 0 Å². The van der Waals surface area contributed by atoms with Crippen LogP contribution in [0.5, 0.6) is 0 Å². The Morgan fingerprint density at radius 1 is 1.47 bits per heavy atom. The fraction of sp³-hybridized carbons (Fsp3) is 0.857. The molecule has 1 N–H and O–H groups in total. The van der Waals surface area contributed by atoms with Crippen molar-refractivity contribution in [3.8, 4) is 0 Å². The van der Waals surface area contributed by atoms with Crippen LogP contribution in [0.25, 0.3) is 0 Å². The summed E-state index contributed by atoms with van der Waals surface area (Å²) >= 11 is 8.80. The molecule has 0 aliphatic carbocycles. The second kappa shape index (κ2) is 7.27. The lowest BCUT2D eigenvalue weighted by atomic mass is 10.2. The van der Waals surface area contributed by atoms with E-state index in [4.69, 9.17) is 9.53 Å². The first-order valence-electron chi connectivity index (χ1n) is 4.05. The van der Waals surface area contributed by atoms with E-state index in [1.807, 2.05) is 0 Å². The Kier molecular flexibility index (Phi) is 7.25. The van der Waals surface area contributed by atoms with Gasteiger partial charge < -0.3 is 10.1 Å². The Morgan fingerprint density at radius 2 is 2.00 bits per heavy atom. The SMILES string of the molecule is FC(F)(F)CC1CNCCO1.O=C(Cl)Cl. The van der Waals surface area contributed by atoms with E-state index in [0.29, 0.717) is 19.7 Å². The van der Waals surface area contributed by atoms with Gasteiger partial charge in [-0.2, -0.15) is 13.2 Å². The molecule has 0 bridgehead atoms. The van der Waals surface area contributed by atoms with Crippen LogP contribution >= 0.6 is 23.2 Å². The van der Waals surface area contributed by atoms with Gasteiger partial charge in [0.2, 0.25) is 0 Å². The van der Waals surface area contributed by atoms with Gasteiger partial charge >= 0.3 is 10.9 Å². The summed E-state index contributed by atoms with van der Waals surface area (Å²) in [5.74, 6) is 0. The minimum Gasteiger partial charge on any atom is -0.375 e. The highest BCUT2D eigenvalue weighted by Gasteiger charge is 2.32. The van der Waals surface area contributed by atoms with Crippen molar-refractivity contribution >= 4 is 27.9 Å². The number of carbonyl (C=O) groups excluding carboxylic acids is 1. The first-order chi connectivity index (χ1) is 6.81. The predicted molar refractivity (Wildman–Crippen MR) is 50.4 cm³/mol. The molecule has 1 aliphatic rings. The fourth-order valence-corrected chi connectivity index (χ4v) is 1.01. The number of halogens is 5. The zero-order valence-electron chi connectivity index (χ0n) is 7.61. The van der Waals surface area contributed by atoms with Crippen molar-refractivity contribution in [3.05, 3.63) is 0 Å². The van der Waals surface area contributed by atoms with Crippen molar-refractivity contribution in [1.29, 1.82) is 0 Å². The average molecular weight is 268 g/mol. The van der Waals surface area contributed by atoms with Gasteiger partial charge in [-0.15, -0.1) is 0 Å². The van der Waals surface area contributed by atoms with Gasteiger partial charge in [-0.1, -0.05) is 0 Å². The molecular formula is C7H10Cl2F3NO2. The third-order valence-electron chi connectivity index (χ3n) is 1.46. The number of alkyl halides is 3. The van der Waals surface area contributed by atoms with Gasteiger partial charge in [-0.25, -0.2) is 0 Å². The molecule has 8 heteroatoms. The second-order valence-electron chi connectivity index (χ2n) is 2.74. The lowest BCUT2D eigenvalue weighted by Crippen LogP contribution is -2.40. The largest absolute Gasteiger partial charge is 0.391 e. The first-order valence-corrected chi connectivity index (χ1v) is 4.81. The molecular weight excluding hydrogens is 258 g/mol. The van der Waals surface area contributed by atoms with E-state index < -0.39 is 23.4 Å². The van der Waals surface area contributed by atoms with Gasteiger partial charge in [0.05, 0.1) is 19.1 Å². The molecule has 0 saturated carbocycles. The van der Waals surface area contributed by atoms with Crippen LogP contribution in [0, 0.1) is 0 Å². The summed E-state index contributed by atoms with van der Waals surface area (Å²) in [5, 5.41) is 2.83. The van der Waals surface area contributed by atoms with Crippen molar-refractivity contribution < 1.29 is 22.7 Å². The molecule has 0 radical (unpaired) electrons. The minimum atomic E-state index is -4.11. The van der Waals surface area contributed by atoms with Crippen LogP contribution in [0.1, 0.15) is 6.42 Å². The average Bonchev–Trinajstić information content (AvgIpc) is 2.01. The molecule has 0 aromatic carbocycles. The maximum atomic E-state index is 11.7. The van der Waals surface area contributed by atoms with Gasteiger partial charge in [0.1, 0.15) is 0 Å². The van der Waals surface area contributed by atoms with E-state index in [9.17, 15) is 13.2 Å². The number of morpholine rings is 1. The second-order valence-corrected chi connectivity index (χ2v) is 3.62. The Hall–Kier alpha value is -0.0400. The van der Waals surface area contributed by atoms with Crippen LogP contribution in [-0.4, -0.2) is 36.7 Å². The van der Waals surface area contributed by atoms with Crippen LogP contribution in [-0.2, 0) is 4.74 Å². The Bertz CT molecular complexity index is 191. The van der Waals surface area contributed by atoms with Gasteiger partial charge in [0.15, 0.2) is 0 Å². The molecule has 0 aromatic rings. The Labute approximate surface area is 94.9 Å². The molecule has 90 valence electrons. The summed E-state index contributed by atoms with van der Waals surface area (Å²) < 4.78 is 39.2. The molecule has 1 fully saturated rings. The van der Waals surface area contributed by atoms with Gasteiger partial charge in [-0.05, 0) is 23.2 Å². The molecule has 1 atom stereocenters. The zero-order valence-corrected chi connectivity index (χ0v) is 9.12. The molecule has 3 nitrogen and oxygen atoms in total. The van der Waals surface area contributed by atoms with Crippen molar-refractivity contribution in [2.24, 2.45) is 0 Å². The van der Waals surface area contributed by atoms with E-state index >= 15 is 0 Å². The highest BCUT2D eigenvalue weighted by atomic mass is 35.5. The van der Waals surface area contributed by atoms with Crippen LogP contribution in [0.4, 0.5) is 18.0 Å².